The molecular formula is C28H56O6Si. The van der Waals surface area contributed by atoms with Gasteiger partial charge in [-0.1, -0.05) is 71.3 Å². The van der Waals surface area contributed by atoms with Gasteiger partial charge < -0.3 is 0 Å². The van der Waals surface area contributed by atoms with E-state index in [2.05, 4.69) is 27.4 Å². The summed E-state index contributed by atoms with van der Waals surface area (Å²) in [5.41, 5.74) is 0.615. The minimum Gasteiger partial charge on any atom is -0.286 e. The molecule has 0 spiro atoms. The van der Waals surface area contributed by atoms with E-state index in [0.717, 1.165) is 55.8 Å². The van der Waals surface area contributed by atoms with Gasteiger partial charge >= 0.3 is 0 Å². The normalized spacial score (nSPS) is 18.6. The highest BCUT2D eigenvalue weighted by atomic mass is 28.4. The van der Waals surface area contributed by atoms with Crippen molar-refractivity contribution in [1.29, 1.82) is 0 Å². The second-order valence-corrected chi connectivity index (χ2v) is 15.7. The van der Waals surface area contributed by atoms with Gasteiger partial charge in [-0.15, -0.1) is 6.58 Å². The van der Waals surface area contributed by atoms with Crippen LogP contribution >= 0.6 is 0 Å². The zero-order valence-corrected chi connectivity index (χ0v) is 24.9. The topological polar surface area (TPSA) is 55.4 Å². The maximum absolute atomic E-state index is 6.06. The average molecular weight is 517 g/mol. The number of hydrogen-bond donors (Lipinski definition) is 0. The molecule has 7 heteroatoms. The van der Waals surface area contributed by atoms with Crippen molar-refractivity contribution in [3.05, 3.63) is 12.2 Å². The Morgan fingerprint density at radius 1 is 0.771 bits per heavy atom. The van der Waals surface area contributed by atoms with Crippen LogP contribution in [0.15, 0.2) is 12.2 Å². The molecule has 0 aliphatic heterocycles. The van der Waals surface area contributed by atoms with Crippen molar-refractivity contribution in [2.45, 2.75) is 155 Å². The van der Waals surface area contributed by atoms with Gasteiger partial charge in [0.1, 0.15) is 0 Å². The fourth-order valence-corrected chi connectivity index (χ4v) is 6.56. The minimum atomic E-state index is -1.80. The fraction of sp³-hybridized carbons (Fsp3) is 0.929. The smallest absolute Gasteiger partial charge is 0.238 e. The molecule has 0 atom stereocenters. The van der Waals surface area contributed by atoms with E-state index in [1.807, 2.05) is 20.8 Å². The molecule has 0 unspecified atom stereocenters. The summed E-state index contributed by atoms with van der Waals surface area (Å²) in [5.74, 6) is -0.871. The lowest BCUT2D eigenvalue weighted by molar-refractivity contribution is -0.515. The first-order valence-corrected chi connectivity index (χ1v) is 16.9. The summed E-state index contributed by atoms with van der Waals surface area (Å²) in [4.78, 5) is 29.3. The molecule has 6 nitrogen and oxygen atoms in total. The molecule has 1 fully saturated rings. The van der Waals surface area contributed by atoms with Crippen molar-refractivity contribution in [3.63, 3.8) is 0 Å². The van der Waals surface area contributed by atoms with Gasteiger partial charge in [0.15, 0.2) is 0 Å². The minimum absolute atomic E-state index is 0.395. The van der Waals surface area contributed by atoms with E-state index >= 15 is 0 Å². The molecule has 0 aromatic carbocycles. The van der Waals surface area contributed by atoms with Gasteiger partial charge in [-0.3, -0.25) is 4.58 Å². The summed E-state index contributed by atoms with van der Waals surface area (Å²) >= 11 is 0. The summed E-state index contributed by atoms with van der Waals surface area (Å²) in [7, 11) is -1.80. The number of rotatable bonds is 16. The lowest BCUT2D eigenvalue weighted by Crippen LogP contribution is -2.40. The lowest BCUT2D eigenvalue weighted by Gasteiger charge is -2.33. The number of hydrogen-bond acceptors (Lipinski definition) is 6. The Bertz CT molecular complexity index is 529. The standard InChI is InChI=1S/C28H56O6Si/c1-8-35(9-2,10-3)34-31-27(6,7)23-25-30-33-28(32-29-24-20-26(4)5)21-18-16-14-12-11-13-15-17-19-22-28/h4,8-25H2,1-3,5-7H3. The third-order valence-corrected chi connectivity index (χ3v) is 11.6. The van der Waals surface area contributed by atoms with Crippen LogP contribution in [0.1, 0.15) is 125 Å². The highest BCUT2D eigenvalue weighted by molar-refractivity contribution is 6.73. The van der Waals surface area contributed by atoms with Crippen LogP contribution in [0.25, 0.3) is 0 Å². The van der Waals surface area contributed by atoms with Crippen LogP contribution in [0, 0.1) is 0 Å². The Kier molecular flexibility index (Phi) is 16.9. The van der Waals surface area contributed by atoms with Gasteiger partial charge in [0.2, 0.25) is 14.1 Å². The Balaban J connectivity index is 2.66. The predicted octanol–water partition coefficient (Wildman–Crippen LogP) is 8.97. The molecular weight excluding hydrogens is 460 g/mol. The molecule has 0 radical (unpaired) electrons. The van der Waals surface area contributed by atoms with Crippen molar-refractivity contribution < 1.29 is 29.0 Å². The highest BCUT2D eigenvalue weighted by Gasteiger charge is 2.36. The van der Waals surface area contributed by atoms with Crippen LogP contribution < -0.4 is 0 Å². The van der Waals surface area contributed by atoms with Gasteiger partial charge in [-0.2, -0.15) is 9.78 Å². The molecule has 1 saturated carbocycles. The van der Waals surface area contributed by atoms with Gasteiger partial charge in [0, 0.05) is 19.3 Å². The zero-order chi connectivity index (χ0) is 26.0. The maximum Gasteiger partial charge on any atom is 0.238 e. The predicted molar refractivity (Wildman–Crippen MR) is 145 cm³/mol. The molecule has 1 rings (SSSR count). The van der Waals surface area contributed by atoms with E-state index < -0.39 is 19.7 Å². The van der Waals surface area contributed by atoms with Crippen molar-refractivity contribution in [2.75, 3.05) is 13.2 Å². The molecule has 1 aliphatic carbocycles. The Hall–Kier alpha value is -0.283. The monoisotopic (exact) mass is 516 g/mol. The molecule has 0 bridgehead atoms. The fourth-order valence-electron chi connectivity index (χ4n) is 4.30. The third-order valence-electron chi connectivity index (χ3n) is 7.31. The second-order valence-electron chi connectivity index (χ2n) is 11.0. The molecule has 35 heavy (non-hydrogen) atoms. The van der Waals surface area contributed by atoms with Gasteiger partial charge in [0.25, 0.3) is 0 Å². The summed E-state index contributed by atoms with van der Waals surface area (Å²) in [6.07, 6.45) is 13.9. The average Bonchev–Trinajstić information content (AvgIpc) is 2.83. The first kappa shape index (κ1) is 32.7. The Labute approximate surface area is 217 Å². The molecule has 1 aliphatic rings. The van der Waals surface area contributed by atoms with Crippen LogP contribution in [0.5, 0.6) is 0 Å². The van der Waals surface area contributed by atoms with Crippen LogP contribution in [0.2, 0.25) is 18.1 Å². The van der Waals surface area contributed by atoms with Crippen LogP contribution in [0.3, 0.4) is 0 Å². The largest absolute Gasteiger partial charge is 0.286 e. The first-order chi connectivity index (χ1) is 16.7. The summed E-state index contributed by atoms with van der Waals surface area (Å²) in [6, 6.07) is 3.17. The molecule has 0 heterocycles. The SMILES string of the molecule is C=C(C)CCOOC1(OOCCC(C)(C)OO[Si](CC)(CC)CC)CCCCCCCCCCC1. The zero-order valence-electron chi connectivity index (χ0n) is 23.9. The third kappa shape index (κ3) is 14.3. The van der Waals surface area contributed by atoms with Gasteiger partial charge in [0.05, 0.1) is 18.8 Å². The first-order valence-electron chi connectivity index (χ1n) is 14.3. The lowest BCUT2D eigenvalue weighted by atomic mass is 9.97. The van der Waals surface area contributed by atoms with Crippen LogP contribution in [-0.2, 0) is 29.0 Å². The summed E-state index contributed by atoms with van der Waals surface area (Å²) < 4.78 is 6.06. The van der Waals surface area contributed by atoms with E-state index in [1.54, 1.807) is 0 Å². The van der Waals surface area contributed by atoms with Crippen molar-refractivity contribution in [1.82, 2.24) is 0 Å². The van der Waals surface area contributed by atoms with E-state index in [-0.39, 0.29) is 0 Å². The molecule has 0 saturated heterocycles. The molecule has 0 aromatic heterocycles. The Morgan fingerprint density at radius 2 is 1.23 bits per heavy atom. The second kappa shape index (κ2) is 18.0. The summed E-state index contributed by atoms with van der Waals surface area (Å²) in [5, 5.41) is 0. The molecule has 0 amide bonds. The molecule has 208 valence electrons. The van der Waals surface area contributed by atoms with E-state index in [0.29, 0.717) is 19.6 Å². The Morgan fingerprint density at radius 3 is 1.69 bits per heavy atom. The van der Waals surface area contributed by atoms with Crippen LogP contribution in [-0.4, -0.2) is 32.9 Å². The van der Waals surface area contributed by atoms with E-state index in [9.17, 15) is 0 Å². The summed E-state index contributed by atoms with van der Waals surface area (Å²) in [6.45, 7) is 17.5. The highest BCUT2D eigenvalue weighted by Crippen LogP contribution is 2.31. The van der Waals surface area contributed by atoms with Crippen LogP contribution in [0.4, 0.5) is 0 Å². The van der Waals surface area contributed by atoms with Gasteiger partial charge in [-0.25, -0.2) is 14.7 Å². The van der Waals surface area contributed by atoms with Crippen molar-refractivity contribution in [3.8, 4) is 0 Å². The quantitative estimate of drug-likeness (QED) is 0.0509. The molecule has 0 aromatic rings. The maximum atomic E-state index is 6.06. The molecule has 0 N–H and O–H groups in total. The van der Waals surface area contributed by atoms with Gasteiger partial charge in [-0.05, 0) is 58.2 Å². The van der Waals surface area contributed by atoms with Crippen molar-refractivity contribution in [2.24, 2.45) is 0 Å². The van der Waals surface area contributed by atoms with E-state index in [4.69, 9.17) is 29.0 Å². The van der Waals surface area contributed by atoms with Crippen molar-refractivity contribution >= 4 is 8.32 Å². The van der Waals surface area contributed by atoms with E-state index in [1.165, 1.54) is 44.9 Å².